The zero-order chi connectivity index (χ0) is 30.2. The van der Waals surface area contributed by atoms with E-state index < -0.39 is 41.1 Å². The van der Waals surface area contributed by atoms with Gasteiger partial charge < -0.3 is 14.6 Å². The third kappa shape index (κ3) is 7.34. The molecule has 1 aliphatic carbocycles. The zero-order valence-electron chi connectivity index (χ0n) is 23.7. The van der Waals surface area contributed by atoms with E-state index in [1.54, 1.807) is 0 Å². The molecule has 43 heavy (non-hydrogen) atoms. The van der Waals surface area contributed by atoms with Crippen molar-refractivity contribution in [2.24, 2.45) is 16.9 Å². The number of aliphatic hydroxyl groups is 1. The molecule has 4 aromatic carbocycles. The van der Waals surface area contributed by atoms with Crippen molar-refractivity contribution < 1.29 is 28.6 Å². The summed E-state index contributed by atoms with van der Waals surface area (Å²) in [7, 11) is 0. The lowest BCUT2D eigenvalue weighted by Crippen LogP contribution is -2.55. The molecule has 0 amide bonds. The van der Waals surface area contributed by atoms with E-state index in [0.29, 0.717) is 17.0 Å². The summed E-state index contributed by atoms with van der Waals surface area (Å²) in [4.78, 5) is 27.8. The van der Waals surface area contributed by atoms with Crippen LogP contribution in [-0.2, 0) is 32.3 Å². The van der Waals surface area contributed by atoms with Crippen LogP contribution >= 0.6 is 0 Å². The fourth-order valence-electron chi connectivity index (χ4n) is 5.52. The van der Waals surface area contributed by atoms with Crippen LogP contribution in [0.3, 0.4) is 0 Å². The molecule has 1 aliphatic rings. The van der Waals surface area contributed by atoms with E-state index in [-0.39, 0.29) is 19.6 Å². The molecule has 0 heterocycles. The molecule has 0 radical (unpaired) electrons. The quantitative estimate of drug-likeness (QED) is 0.179. The number of rotatable bonds is 9. The van der Waals surface area contributed by atoms with E-state index in [4.69, 9.17) is 9.47 Å². The third-order valence-electron chi connectivity index (χ3n) is 7.60. The Hall–Kier alpha value is -4.82. The molecule has 1 saturated carbocycles. The van der Waals surface area contributed by atoms with Crippen LogP contribution in [-0.4, -0.2) is 28.4 Å². The highest BCUT2D eigenvalue weighted by atomic mass is 19.1. The first kappa shape index (κ1) is 29.7. The molecule has 4 atom stereocenters. The van der Waals surface area contributed by atoms with E-state index in [1.807, 2.05) is 91.0 Å². The molecule has 0 spiro atoms. The van der Waals surface area contributed by atoms with Gasteiger partial charge in [0.05, 0.1) is 22.9 Å². The lowest BCUT2D eigenvalue weighted by Gasteiger charge is -2.45. The summed E-state index contributed by atoms with van der Waals surface area (Å²) in [6.45, 7) is 1.52. The molecular formula is C35H33FN2O5. The van der Waals surface area contributed by atoms with E-state index in [9.17, 15) is 19.1 Å². The van der Waals surface area contributed by atoms with Crippen molar-refractivity contribution in [1.82, 2.24) is 0 Å². The van der Waals surface area contributed by atoms with Crippen LogP contribution < -0.4 is 5.43 Å². The number of ether oxygens (including phenoxy) is 2. The second-order valence-corrected chi connectivity index (χ2v) is 10.8. The number of benzene rings is 4. The molecule has 1 fully saturated rings. The van der Waals surface area contributed by atoms with Crippen LogP contribution in [0.4, 0.5) is 10.1 Å². The van der Waals surface area contributed by atoms with E-state index in [2.05, 4.69) is 10.5 Å². The van der Waals surface area contributed by atoms with Crippen LogP contribution in [0.2, 0.25) is 0 Å². The maximum atomic E-state index is 14.1. The van der Waals surface area contributed by atoms with Gasteiger partial charge in [-0.1, -0.05) is 91.0 Å². The van der Waals surface area contributed by atoms with Crippen molar-refractivity contribution in [1.29, 1.82) is 0 Å². The van der Waals surface area contributed by atoms with Crippen molar-refractivity contribution in [3.8, 4) is 0 Å². The summed E-state index contributed by atoms with van der Waals surface area (Å²) in [6, 6.07) is 33.1. The average molecular weight is 581 g/mol. The van der Waals surface area contributed by atoms with Gasteiger partial charge in [0.1, 0.15) is 24.9 Å². The summed E-state index contributed by atoms with van der Waals surface area (Å²) in [6.07, 6.45) is -0.110. The van der Waals surface area contributed by atoms with Gasteiger partial charge in [0.2, 0.25) is 0 Å². The highest BCUT2D eigenvalue weighted by Crippen LogP contribution is 2.47. The predicted octanol–water partition coefficient (Wildman–Crippen LogP) is 6.25. The minimum atomic E-state index is -1.67. The van der Waals surface area contributed by atoms with E-state index in [0.717, 1.165) is 11.1 Å². The number of nitrogens with one attached hydrogen (secondary N) is 1. The van der Waals surface area contributed by atoms with Gasteiger partial charge >= 0.3 is 11.9 Å². The lowest BCUT2D eigenvalue weighted by molar-refractivity contribution is -0.165. The number of hydrogen-bond donors (Lipinski definition) is 2. The number of hydrogen-bond acceptors (Lipinski definition) is 7. The number of hydrazone groups is 1. The molecule has 8 heteroatoms. The van der Waals surface area contributed by atoms with Crippen molar-refractivity contribution in [3.05, 3.63) is 138 Å². The minimum absolute atomic E-state index is 0.00518. The first-order valence-electron chi connectivity index (χ1n) is 14.1. The topological polar surface area (TPSA) is 97.2 Å². The van der Waals surface area contributed by atoms with Gasteiger partial charge in [-0.05, 0) is 47.9 Å². The minimum Gasteiger partial charge on any atom is -0.461 e. The Morgan fingerprint density at radius 3 is 1.88 bits per heavy atom. The summed E-state index contributed by atoms with van der Waals surface area (Å²) in [5.74, 6) is -5.02. The summed E-state index contributed by atoms with van der Waals surface area (Å²) >= 11 is 0. The number of carbonyl (C=O) groups is 2. The molecule has 5 rings (SSSR count). The largest absolute Gasteiger partial charge is 0.461 e. The number of para-hydroxylation sites is 1. The SMILES string of the molecule is C[C@]1(O)C/C(=N\Nc2ccccc2)[C@H](C(=O)OCc2ccccc2)[C@H](c2ccc(F)cc2)[C@@H]1C(=O)OCc1ccccc1. The highest BCUT2D eigenvalue weighted by Gasteiger charge is 2.56. The van der Waals surface area contributed by atoms with Crippen LogP contribution in [0.15, 0.2) is 120 Å². The maximum Gasteiger partial charge on any atom is 0.315 e. The molecule has 4 aromatic rings. The number of esters is 2. The van der Waals surface area contributed by atoms with Crippen molar-refractivity contribution in [2.45, 2.75) is 38.1 Å². The third-order valence-corrected chi connectivity index (χ3v) is 7.60. The van der Waals surface area contributed by atoms with Gasteiger partial charge in [0.15, 0.2) is 0 Å². The monoisotopic (exact) mass is 580 g/mol. The molecule has 0 unspecified atom stereocenters. The summed E-state index contributed by atoms with van der Waals surface area (Å²) in [5, 5.41) is 16.4. The lowest BCUT2D eigenvalue weighted by atomic mass is 9.61. The molecule has 0 saturated heterocycles. The molecule has 0 aliphatic heterocycles. The molecule has 0 bridgehead atoms. The Morgan fingerprint density at radius 2 is 1.33 bits per heavy atom. The first-order valence-corrected chi connectivity index (χ1v) is 14.1. The Bertz CT molecular complexity index is 1540. The Morgan fingerprint density at radius 1 is 0.814 bits per heavy atom. The van der Waals surface area contributed by atoms with Gasteiger partial charge in [-0.2, -0.15) is 5.10 Å². The molecule has 220 valence electrons. The normalized spacial score (nSPS) is 22.5. The van der Waals surface area contributed by atoms with Gasteiger partial charge in [-0.3, -0.25) is 15.0 Å². The average Bonchev–Trinajstić information content (AvgIpc) is 3.02. The second kappa shape index (κ2) is 13.4. The van der Waals surface area contributed by atoms with Crippen LogP contribution in [0, 0.1) is 17.7 Å². The van der Waals surface area contributed by atoms with E-state index >= 15 is 0 Å². The summed E-state index contributed by atoms with van der Waals surface area (Å²) < 4.78 is 25.6. The molecule has 0 aromatic heterocycles. The Balaban J connectivity index is 1.54. The molecule has 7 nitrogen and oxygen atoms in total. The van der Waals surface area contributed by atoms with Crippen LogP contribution in [0.1, 0.15) is 36.0 Å². The fourth-order valence-corrected chi connectivity index (χ4v) is 5.52. The molecule has 2 N–H and O–H groups in total. The van der Waals surface area contributed by atoms with Gasteiger partial charge in [-0.15, -0.1) is 0 Å². The Labute approximate surface area is 250 Å². The smallest absolute Gasteiger partial charge is 0.315 e. The van der Waals surface area contributed by atoms with Crippen LogP contribution in [0.25, 0.3) is 0 Å². The van der Waals surface area contributed by atoms with Crippen molar-refractivity contribution >= 4 is 23.3 Å². The van der Waals surface area contributed by atoms with Gasteiger partial charge in [-0.25, -0.2) is 4.39 Å². The predicted molar refractivity (Wildman–Crippen MR) is 161 cm³/mol. The number of halogens is 1. The fraction of sp³-hybridized carbons (Fsp3) is 0.229. The van der Waals surface area contributed by atoms with Gasteiger partial charge in [0, 0.05) is 12.3 Å². The standard InChI is InChI=1S/C35H33FN2O5/c1-35(41)21-29(38-37-28-15-9-4-10-16-28)31(33(39)42-22-24-11-5-2-6-12-24)30(26-17-19-27(36)20-18-26)32(35)34(40)43-23-25-13-7-3-8-14-25/h2-20,30-32,37,41H,21-23H2,1H3/b38-29+/t30-,31-,32+,35-/m0/s1. The number of carbonyl (C=O) groups excluding carboxylic acids is 2. The second-order valence-electron chi connectivity index (χ2n) is 10.8. The Kier molecular flexibility index (Phi) is 9.27. The zero-order valence-corrected chi connectivity index (χ0v) is 23.7. The number of anilines is 1. The van der Waals surface area contributed by atoms with Gasteiger partial charge in [0.25, 0.3) is 0 Å². The summed E-state index contributed by atoms with van der Waals surface area (Å²) in [5.41, 5.74) is 4.32. The highest BCUT2D eigenvalue weighted by molar-refractivity contribution is 6.06. The number of nitrogens with zero attached hydrogens (tertiary/aromatic N) is 1. The van der Waals surface area contributed by atoms with Crippen molar-refractivity contribution in [2.75, 3.05) is 5.43 Å². The maximum absolute atomic E-state index is 14.1. The van der Waals surface area contributed by atoms with Crippen LogP contribution in [0.5, 0.6) is 0 Å². The van der Waals surface area contributed by atoms with E-state index in [1.165, 1.54) is 31.2 Å². The first-order chi connectivity index (χ1) is 20.8. The molecular weight excluding hydrogens is 547 g/mol. The van der Waals surface area contributed by atoms with Crippen molar-refractivity contribution in [3.63, 3.8) is 0 Å².